The van der Waals surface area contributed by atoms with Crippen molar-refractivity contribution in [2.75, 3.05) is 13.1 Å². The summed E-state index contributed by atoms with van der Waals surface area (Å²) in [7, 11) is 0. The first kappa shape index (κ1) is 16.5. The van der Waals surface area contributed by atoms with Crippen molar-refractivity contribution in [3.8, 4) is 0 Å². The molecule has 1 N–H and O–H groups in total. The highest BCUT2D eigenvalue weighted by molar-refractivity contribution is 6.32. The first-order valence-corrected chi connectivity index (χ1v) is 7.41. The summed E-state index contributed by atoms with van der Waals surface area (Å²) in [5.74, 6) is 0. The molecule has 1 aromatic rings. The third kappa shape index (κ3) is 3.86. The zero-order valence-electron chi connectivity index (χ0n) is 11.6. The molecule has 7 heteroatoms. The monoisotopic (exact) mass is 331 g/mol. The largest absolute Gasteiger partial charge is 0.309 e. The summed E-state index contributed by atoms with van der Waals surface area (Å²) in [6.07, 6.45) is 3.81. The molecular weight excluding hydrogens is 313 g/mol. The third-order valence-electron chi connectivity index (χ3n) is 4.15. The standard InChI is InChI=1S/C14H18ClN3O2.ClH/c15-13-6-10(4-5-14(13)18(19)20)7-17-8-11-2-1-3-12(9-17)16-11;/h4-6,11-12,16H,1-3,7-9H2;1H. The van der Waals surface area contributed by atoms with Crippen LogP contribution in [0.25, 0.3) is 0 Å². The molecule has 2 atom stereocenters. The summed E-state index contributed by atoms with van der Waals surface area (Å²) < 4.78 is 0. The molecule has 0 saturated carbocycles. The minimum atomic E-state index is -0.443. The van der Waals surface area contributed by atoms with E-state index in [-0.39, 0.29) is 23.1 Å². The maximum atomic E-state index is 10.8. The number of likely N-dealkylation sites (tertiary alicyclic amines) is 1. The normalized spacial score (nSPS) is 25.2. The van der Waals surface area contributed by atoms with Crippen LogP contribution in [0.5, 0.6) is 0 Å². The highest BCUT2D eigenvalue weighted by atomic mass is 35.5. The Labute approximate surface area is 135 Å². The van der Waals surface area contributed by atoms with Crippen molar-refractivity contribution in [1.82, 2.24) is 10.2 Å². The molecule has 2 bridgehead atoms. The van der Waals surface area contributed by atoms with Gasteiger partial charge in [-0.15, -0.1) is 12.4 Å². The molecular formula is C14H19Cl2N3O2. The van der Waals surface area contributed by atoms with Crippen molar-refractivity contribution in [3.63, 3.8) is 0 Å². The van der Waals surface area contributed by atoms with Crippen LogP contribution in [0.1, 0.15) is 24.8 Å². The second-order valence-electron chi connectivity index (χ2n) is 5.73. The lowest BCUT2D eigenvalue weighted by molar-refractivity contribution is -0.384. The van der Waals surface area contributed by atoms with Crippen LogP contribution in [-0.2, 0) is 6.54 Å². The van der Waals surface area contributed by atoms with Crippen LogP contribution in [-0.4, -0.2) is 35.0 Å². The lowest BCUT2D eigenvalue weighted by atomic mass is 9.94. The Kier molecular flexibility index (Phi) is 5.43. The molecule has 3 rings (SSSR count). The van der Waals surface area contributed by atoms with Crippen LogP contribution in [0, 0.1) is 10.1 Å². The quantitative estimate of drug-likeness (QED) is 0.683. The van der Waals surface area contributed by atoms with Gasteiger partial charge in [0.25, 0.3) is 5.69 Å². The Morgan fingerprint density at radius 3 is 2.57 bits per heavy atom. The van der Waals surface area contributed by atoms with Crippen molar-refractivity contribution in [2.24, 2.45) is 0 Å². The summed E-state index contributed by atoms with van der Waals surface area (Å²) in [4.78, 5) is 12.7. The fraction of sp³-hybridized carbons (Fsp3) is 0.571. The zero-order valence-corrected chi connectivity index (χ0v) is 13.2. The van der Waals surface area contributed by atoms with Crippen molar-refractivity contribution < 1.29 is 4.92 Å². The molecule has 1 aromatic carbocycles. The number of piperidine rings is 1. The second kappa shape index (κ2) is 6.92. The van der Waals surface area contributed by atoms with Crippen LogP contribution < -0.4 is 5.32 Å². The van der Waals surface area contributed by atoms with Gasteiger partial charge in [-0.1, -0.05) is 24.1 Å². The minimum Gasteiger partial charge on any atom is -0.309 e. The first-order valence-electron chi connectivity index (χ1n) is 7.03. The molecule has 2 fully saturated rings. The smallest absolute Gasteiger partial charge is 0.287 e. The Hall–Kier alpha value is -0.880. The lowest BCUT2D eigenvalue weighted by Gasteiger charge is -2.42. The predicted molar refractivity (Wildman–Crippen MR) is 85.2 cm³/mol. The molecule has 0 amide bonds. The molecule has 0 spiro atoms. The summed E-state index contributed by atoms with van der Waals surface area (Å²) in [6, 6.07) is 6.21. The van der Waals surface area contributed by atoms with Gasteiger partial charge in [-0.3, -0.25) is 15.0 Å². The van der Waals surface area contributed by atoms with Crippen molar-refractivity contribution >= 4 is 29.7 Å². The average molecular weight is 332 g/mol. The molecule has 2 aliphatic heterocycles. The van der Waals surface area contributed by atoms with Gasteiger partial charge in [-0.2, -0.15) is 0 Å². The third-order valence-corrected chi connectivity index (χ3v) is 4.45. The summed E-state index contributed by atoms with van der Waals surface area (Å²) in [5, 5.41) is 14.6. The summed E-state index contributed by atoms with van der Waals surface area (Å²) in [5.41, 5.74) is 1.02. The van der Waals surface area contributed by atoms with E-state index < -0.39 is 4.92 Å². The number of piperazine rings is 1. The van der Waals surface area contributed by atoms with Gasteiger partial charge in [0.2, 0.25) is 0 Å². The van der Waals surface area contributed by atoms with E-state index in [1.807, 2.05) is 6.07 Å². The number of hydrogen-bond donors (Lipinski definition) is 1. The average Bonchev–Trinajstić information content (AvgIpc) is 2.37. The summed E-state index contributed by atoms with van der Waals surface area (Å²) >= 11 is 5.97. The van der Waals surface area contributed by atoms with E-state index in [1.54, 1.807) is 6.07 Å². The zero-order chi connectivity index (χ0) is 14.1. The second-order valence-corrected chi connectivity index (χ2v) is 6.14. The molecule has 2 unspecified atom stereocenters. The van der Waals surface area contributed by atoms with E-state index in [0.717, 1.165) is 25.2 Å². The number of fused-ring (bicyclic) bond motifs is 2. The van der Waals surface area contributed by atoms with E-state index in [4.69, 9.17) is 11.6 Å². The van der Waals surface area contributed by atoms with E-state index >= 15 is 0 Å². The Balaban J connectivity index is 0.00000161. The van der Waals surface area contributed by atoms with E-state index in [0.29, 0.717) is 12.1 Å². The Bertz CT molecular complexity index is 515. The van der Waals surface area contributed by atoms with Crippen LogP contribution in [0.4, 0.5) is 5.69 Å². The van der Waals surface area contributed by atoms with Gasteiger partial charge in [0.15, 0.2) is 0 Å². The van der Waals surface area contributed by atoms with Crippen LogP contribution >= 0.6 is 24.0 Å². The number of nitrogens with one attached hydrogen (secondary N) is 1. The van der Waals surface area contributed by atoms with Gasteiger partial charge in [0.1, 0.15) is 5.02 Å². The molecule has 0 aliphatic carbocycles. The predicted octanol–water partition coefficient (Wildman–Crippen LogP) is 3.00. The fourth-order valence-corrected chi connectivity index (χ4v) is 3.55. The number of nitro groups is 1. The number of benzene rings is 1. The number of nitro benzene ring substituents is 1. The Morgan fingerprint density at radius 2 is 2.00 bits per heavy atom. The van der Waals surface area contributed by atoms with Crippen molar-refractivity contribution in [1.29, 1.82) is 0 Å². The van der Waals surface area contributed by atoms with Crippen LogP contribution in [0.3, 0.4) is 0 Å². The van der Waals surface area contributed by atoms with Gasteiger partial charge in [-0.25, -0.2) is 0 Å². The van der Waals surface area contributed by atoms with Gasteiger partial charge in [0.05, 0.1) is 4.92 Å². The maximum absolute atomic E-state index is 10.8. The van der Waals surface area contributed by atoms with Gasteiger partial charge < -0.3 is 5.32 Å². The highest BCUT2D eigenvalue weighted by Gasteiger charge is 2.29. The minimum absolute atomic E-state index is 0. The van der Waals surface area contributed by atoms with E-state index in [1.165, 1.54) is 25.3 Å². The van der Waals surface area contributed by atoms with Crippen LogP contribution in [0.15, 0.2) is 18.2 Å². The van der Waals surface area contributed by atoms with Crippen molar-refractivity contribution in [2.45, 2.75) is 37.9 Å². The number of rotatable bonds is 3. The number of nitrogens with zero attached hydrogens (tertiary/aromatic N) is 2. The molecule has 2 saturated heterocycles. The van der Waals surface area contributed by atoms with E-state index in [9.17, 15) is 10.1 Å². The molecule has 0 radical (unpaired) electrons. The Morgan fingerprint density at radius 1 is 1.33 bits per heavy atom. The highest BCUT2D eigenvalue weighted by Crippen LogP contribution is 2.26. The maximum Gasteiger partial charge on any atom is 0.287 e. The van der Waals surface area contributed by atoms with E-state index in [2.05, 4.69) is 10.2 Å². The van der Waals surface area contributed by atoms with Gasteiger partial charge in [-0.05, 0) is 24.5 Å². The van der Waals surface area contributed by atoms with Crippen LogP contribution in [0.2, 0.25) is 5.02 Å². The first-order chi connectivity index (χ1) is 9.61. The molecule has 0 aromatic heterocycles. The number of hydrogen-bond acceptors (Lipinski definition) is 4. The SMILES string of the molecule is Cl.O=[N+]([O-])c1ccc(CN2CC3CCCC(C2)N3)cc1Cl. The molecule has 2 heterocycles. The topological polar surface area (TPSA) is 58.4 Å². The molecule has 116 valence electrons. The fourth-order valence-electron chi connectivity index (χ4n) is 3.28. The van der Waals surface area contributed by atoms with Gasteiger partial charge in [0, 0.05) is 37.8 Å². The molecule has 21 heavy (non-hydrogen) atoms. The van der Waals surface area contributed by atoms with Crippen molar-refractivity contribution in [3.05, 3.63) is 38.9 Å². The molecule has 5 nitrogen and oxygen atoms in total. The molecule has 2 aliphatic rings. The number of halogens is 2. The summed E-state index contributed by atoms with van der Waals surface area (Å²) in [6.45, 7) is 2.91. The lowest BCUT2D eigenvalue weighted by Crippen LogP contribution is -2.58. The van der Waals surface area contributed by atoms with Gasteiger partial charge >= 0.3 is 0 Å².